The predicted octanol–water partition coefficient (Wildman–Crippen LogP) is 1.15. The van der Waals surface area contributed by atoms with E-state index in [1.807, 2.05) is 0 Å². The van der Waals surface area contributed by atoms with Crippen LogP contribution in [-0.2, 0) is 16.1 Å². The molecule has 0 bridgehead atoms. The smallest absolute Gasteiger partial charge is 0.261 e. The highest BCUT2D eigenvalue weighted by Crippen LogP contribution is 2.26. The number of hydrogen-bond donors (Lipinski definition) is 2. The van der Waals surface area contributed by atoms with E-state index in [9.17, 15) is 19.2 Å². The molecule has 1 aliphatic rings. The molecule has 0 aliphatic carbocycles. The number of imide groups is 1. The number of carbonyl (C=O) groups excluding carboxylic acids is 4. The van der Waals surface area contributed by atoms with Crippen LogP contribution < -0.4 is 11.1 Å². The number of aromatic nitrogens is 2. The van der Waals surface area contributed by atoms with Crippen molar-refractivity contribution in [2.24, 2.45) is 5.73 Å². The third-order valence-corrected chi connectivity index (χ3v) is 4.45. The molecule has 1 aliphatic heterocycles. The number of benzene rings is 1. The Bertz CT molecular complexity index is 939. The summed E-state index contributed by atoms with van der Waals surface area (Å²) in [6.45, 7) is 0.0735. The van der Waals surface area contributed by atoms with Crippen LogP contribution in [0.2, 0.25) is 0 Å². The van der Waals surface area contributed by atoms with Crippen LogP contribution in [0.3, 0.4) is 0 Å². The molecule has 140 valence electrons. The maximum absolute atomic E-state index is 12.4. The number of amides is 4. The maximum Gasteiger partial charge on any atom is 0.261 e. The largest absolute Gasteiger partial charge is 0.368 e. The Labute approximate surface area is 162 Å². The summed E-state index contributed by atoms with van der Waals surface area (Å²) in [5, 5.41) is 6.54. The van der Waals surface area contributed by atoms with Crippen molar-refractivity contribution in [2.75, 3.05) is 11.9 Å². The van der Waals surface area contributed by atoms with Gasteiger partial charge < -0.3 is 11.1 Å². The van der Waals surface area contributed by atoms with Gasteiger partial charge in [-0.1, -0.05) is 15.9 Å². The van der Waals surface area contributed by atoms with Gasteiger partial charge in [0.2, 0.25) is 11.8 Å². The van der Waals surface area contributed by atoms with E-state index >= 15 is 0 Å². The number of hydrogen-bond acceptors (Lipinski definition) is 5. The summed E-state index contributed by atoms with van der Waals surface area (Å²) in [5.41, 5.74) is 6.24. The molecule has 0 unspecified atom stereocenters. The highest BCUT2D eigenvalue weighted by Gasteiger charge is 2.35. The topological polar surface area (TPSA) is 127 Å². The second-order valence-electron chi connectivity index (χ2n) is 6.00. The molecule has 1 aromatic heterocycles. The Morgan fingerprint density at radius 3 is 2.67 bits per heavy atom. The first-order valence-corrected chi connectivity index (χ1v) is 8.91. The highest BCUT2D eigenvalue weighted by molar-refractivity contribution is 9.10. The first kappa shape index (κ1) is 18.8. The van der Waals surface area contributed by atoms with Gasteiger partial charge in [0.25, 0.3) is 11.8 Å². The van der Waals surface area contributed by atoms with Crippen molar-refractivity contribution in [3.63, 3.8) is 0 Å². The second kappa shape index (κ2) is 7.70. The summed E-state index contributed by atoms with van der Waals surface area (Å²) in [5.74, 6) is -1.53. The molecule has 10 heteroatoms. The number of carbonyl (C=O) groups is 4. The minimum atomic E-state index is -0.538. The molecule has 9 nitrogen and oxygen atoms in total. The van der Waals surface area contributed by atoms with E-state index in [1.54, 1.807) is 18.2 Å². The van der Waals surface area contributed by atoms with Crippen LogP contribution in [0.5, 0.6) is 0 Å². The van der Waals surface area contributed by atoms with Crippen LogP contribution >= 0.6 is 15.9 Å². The van der Waals surface area contributed by atoms with E-state index in [0.29, 0.717) is 23.2 Å². The fraction of sp³-hybridized carbons (Fsp3) is 0.235. The van der Waals surface area contributed by atoms with Crippen LogP contribution in [0.4, 0.5) is 5.69 Å². The quantitative estimate of drug-likeness (QED) is 0.632. The zero-order chi connectivity index (χ0) is 19.6. The Kier molecular flexibility index (Phi) is 5.36. The number of nitrogens with two attached hydrogens (primary N) is 1. The number of primary amides is 1. The number of nitrogens with one attached hydrogen (secondary N) is 1. The summed E-state index contributed by atoms with van der Waals surface area (Å²) < 4.78 is 2.04. The van der Waals surface area contributed by atoms with Crippen molar-refractivity contribution < 1.29 is 19.2 Å². The van der Waals surface area contributed by atoms with Gasteiger partial charge in [-0.25, -0.2) is 0 Å². The van der Waals surface area contributed by atoms with Gasteiger partial charge >= 0.3 is 0 Å². The lowest BCUT2D eigenvalue weighted by atomic mass is 10.1. The molecule has 27 heavy (non-hydrogen) atoms. The number of rotatable bonds is 7. The molecule has 0 radical (unpaired) electrons. The number of halogens is 1. The zero-order valence-corrected chi connectivity index (χ0v) is 15.7. The fourth-order valence-corrected chi connectivity index (χ4v) is 3.12. The lowest BCUT2D eigenvalue weighted by Crippen LogP contribution is -2.31. The Morgan fingerprint density at radius 2 is 1.93 bits per heavy atom. The van der Waals surface area contributed by atoms with Crippen molar-refractivity contribution in [1.29, 1.82) is 0 Å². The summed E-state index contributed by atoms with van der Waals surface area (Å²) in [6, 6.07) is 4.93. The average Bonchev–Trinajstić information content (AvgIpc) is 3.12. The molecule has 0 atom stereocenters. The molecular weight excluding hydrogens is 418 g/mol. The molecule has 0 spiro atoms. The number of nitrogens with zero attached hydrogens (tertiary/aromatic N) is 3. The van der Waals surface area contributed by atoms with E-state index in [0.717, 1.165) is 9.37 Å². The summed E-state index contributed by atoms with van der Waals surface area (Å²) in [4.78, 5) is 48.7. The summed E-state index contributed by atoms with van der Waals surface area (Å²) in [7, 11) is 0. The molecule has 2 aromatic rings. The Hall–Kier alpha value is -3.01. The monoisotopic (exact) mass is 433 g/mol. The first-order chi connectivity index (χ1) is 12.8. The van der Waals surface area contributed by atoms with E-state index in [2.05, 4.69) is 26.3 Å². The molecule has 1 aromatic carbocycles. The first-order valence-electron chi connectivity index (χ1n) is 8.11. The second-order valence-corrected chi connectivity index (χ2v) is 6.91. The molecule has 4 amide bonds. The lowest BCUT2D eigenvalue weighted by Gasteiger charge is -2.13. The zero-order valence-electron chi connectivity index (χ0n) is 14.1. The van der Waals surface area contributed by atoms with Gasteiger partial charge in [0.1, 0.15) is 6.54 Å². The molecule has 3 rings (SSSR count). The van der Waals surface area contributed by atoms with Crippen molar-refractivity contribution in [1.82, 2.24) is 14.7 Å². The van der Waals surface area contributed by atoms with Crippen molar-refractivity contribution in [3.8, 4) is 0 Å². The van der Waals surface area contributed by atoms with Crippen LogP contribution in [0.1, 0.15) is 33.6 Å². The van der Waals surface area contributed by atoms with Crippen molar-refractivity contribution >= 4 is 45.2 Å². The van der Waals surface area contributed by atoms with Crippen LogP contribution in [0, 0.1) is 0 Å². The van der Waals surface area contributed by atoms with Gasteiger partial charge in [0.15, 0.2) is 0 Å². The van der Waals surface area contributed by atoms with Crippen LogP contribution in [0.25, 0.3) is 0 Å². The molecule has 0 saturated carbocycles. The van der Waals surface area contributed by atoms with Gasteiger partial charge in [-0.2, -0.15) is 5.10 Å². The van der Waals surface area contributed by atoms with Crippen LogP contribution in [0.15, 0.2) is 35.1 Å². The Morgan fingerprint density at radius 1 is 1.19 bits per heavy atom. The van der Waals surface area contributed by atoms with Gasteiger partial charge in [0.05, 0.1) is 23.0 Å². The van der Waals surface area contributed by atoms with E-state index in [1.165, 1.54) is 17.1 Å². The van der Waals surface area contributed by atoms with Gasteiger partial charge in [-0.05, 0) is 24.6 Å². The number of anilines is 1. The SMILES string of the molecule is NC(=O)Cn1cc(NC(=O)CCCN2C(=O)c3ccc(Br)cc3C2=O)cn1. The normalized spacial score (nSPS) is 13.0. The molecular formula is C17H16BrN5O4. The third kappa shape index (κ3) is 4.22. The van der Waals surface area contributed by atoms with Crippen LogP contribution in [-0.4, -0.2) is 44.9 Å². The number of fused-ring (bicyclic) bond motifs is 1. The highest BCUT2D eigenvalue weighted by atomic mass is 79.9. The molecule has 0 saturated heterocycles. The summed E-state index contributed by atoms with van der Waals surface area (Å²) >= 11 is 3.28. The van der Waals surface area contributed by atoms with Crippen molar-refractivity contribution in [3.05, 3.63) is 46.2 Å². The van der Waals surface area contributed by atoms with Gasteiger partial charge in [-0.3, -0.25) is 28.8 Å². The van der Waals surface area contributed by atoms with E-state index < -0.39 is 5.91 Å². The predicted molar refractivity (Wildman–Crippen MR) is 98.8 cm³/mol. The van der Waals surface area contributed by atoms with E-state index in [-0.39, 0.29) is 37.2 Å². The lowest BCUT2D eigenvalue weighted by molar-refractivity contribution is -0.118. The maximum atomic E-state index is 12.4. The van der Waals surface area contributed by atoms with E-state index in [4.69, 9.17) is 5.73 Å². The molecule has 3 N–H and O–H groups in total. The van der Waals surface area contributed by atoms with Gasteiger partial charge in [0, 0.05) is 23.6 Å². The third-order valence-electron chi connectivity index (χ3n) is 3.95. The minimum Gasteiger partial charge on any atom is -0.368 e. The van der Waals surface area contributed by atoms with Gasteiger partial charge in [-0.15, -0.1) is 0 Å². The fourth-order valence-electron chi connectivity index (χ4n) is 2.76. The molecule has 2 heterocycles. The average molecular weight is 434 g/mol. The minimum absolute atomic E-state index is 0.0777. The van der Waals surface area contributed by atoms with Crippen molar-refractivity contribution in [2.45, 2.75) is 19.4 Å². The molecule has 0 fully saturated rings. The standard InChI is InChI=1S/C17H16BrN5O4/c18-10-3-4-12-13(6-10)17(27)23(16(12)26)5-1-2-15(25)21-11-7-20-22(8-11)9-14(19)24/h3-4,6-8H,1-2,5,9H2,(H2,19,24)(H,21,25). The Balaban J connectivity index is 1.50. The summed E-state index contributed by atoms with van der Waals surface area (Å²) in [6.07, 6.45) is 3.35.